The number of aliphatic hydroxyl groups is 1. The summed E-state index contributed by atoms with van der Waals surface area (Å²) < 4.78 is 10.3. The molecule has 0 saturated heterocycles. The average Bonchev–Trinajstić information content (AvgIpc) is 2.72. The van der Waals surface area contributed by atoms with Crippen LogP contribution in [0.2, 0.25) is 0 Å². The molecule has 0 saturated carbocycles. The van der Waals surface area contributed by atoms with Crippen LogP contribution in [0.1, 0.15) is 15.9 Å². The van der Waals surface area contributed by atoms with Gasteiger partial charge in [-0.15, -0.1) is 0 Å². The second kappa shape index (κ2) is 5.06. The third-order valence-corrected chi connectivity index (χ3v) is 3.63. The summed E-state index contributed by atoms with van der Waals surface area (Å²) in [5, 5.41) is 39.3. The van der Waals surface area contributed by atoms with E-state index in [2.05, 4.69) is 0 Å². The molecule has 0 aromatic heterocycles. The molecule has 1 atom stereocenters. The molecule has 3 rings (SSSR count). The van der Waals surface area contributed by atoms with Crippen LogP contribution in [0.5, 0.6) is 28.7 Å². The van der Waals surface area contributed by atoms with E-state index in [9.17, 15) is 25.2 Å². The Kier molecular flexibility index (Phi) is 3.30. The van der Waals surface area contributed by atoms with E-state index in [0.29, 0.717) is 0 Å². The maximum atomic E-state index is 12.5. The van der Waals surface area contributed by atoms with Gasteiger partial charge in [0.1, 0.15) is 34.3 Å². The Morgan fingerprint density at radius 1 is 1.13 bits per heavy atom. The SMILES string of the molecule is COc1cc(O)cc2c1C(=O)C(O)(Cc1ccc(O)cc1O)O2. The molecule has 1 unspecified atom stereocenters. The Balaban J connectivity index is 2.00. The van der Waals surface area contributed by atoms with Crippen molar-refractivity contribution in [1.82, 2.24) is 0 Å². The van der Waals surface area contributed by atoms with Gasteiger partial charge in [0.05, 0.1) is 7.11 Å². The summed E-state index contributed by atoms with van der Waals surface area (Å²) in [4.78, 5) is 12.5. The van der Waals surface area contributed by atoms with Crippen LogP contribution in [-0.4, -0.2) is 39.1 Å². The standard InChI is InChI=1S/C16H14O7/c1-22-12-5-10(18)6-13-14(12)15(20)16(21,23-13)7-8-2-3-9(17)4-11(8)19/h2-6,17-19,21H,7H2,1H3. The van der Waals surface area contributed by atoms with Crippen LogP contribution < -0.4 is 9.47 Å². The van der Waals surface area contributed by atoms with Gasteiger partial charge in [-0.1, -0.05) is 6.07 Å². The second-order valence-electron chi connectivity index (χ2n) is 5.23. The number of benzene rings is 2. The highest BCUT2D eigenvalue weighted by Gasteiger charge is 2.49. The topological polar surface area (TPSA) is 116 Å². The van der Waals surface area contributed by atoms with Gasteiger partial charge in [0.2, 0.25) is 5.78 Å². The predicted molar refractivity (Wildman–Crippen MR) is 78.0 cm³/mol. The van der Waals surface area contributed by atoms with Crippen molar-refractivity contribution in [2.24, 2.45) is 0 Å². The van der Waals surface area contributed by atoms with E-state index >= 15 is 0 Å². The van der Waals surface area contributed by atoms with Crippen LogP contribution in [0.3, 0.4) is 0 Å². The Labute approximate surface area is 131 Å². The summed E-state index contributed by atoms with van der Waals surface area (Å²) in [6, 6.07) is 6.22. The minimum Gasteiger partial charge on any atom is -0.508 e. The highest BCUT2D eigenvalue weighted by atomic mass is 16.6. The fourth-order valence-corrected chi connectivity index (χ4v) is 2.54. The minimum atomic E-state index is -2.24. The fraction of sp³-hybridized carbons (Fsp3) is 0.188. The molecule has 0 aliphatic carbocycles. The van der Waals surface area contributed by atoms with Gasteiger partial charge < -0.3 is 29.9 Å². The van der Waals surface area contributed by atoms with E-state index in [1.165, 1.54) is 31.4 Å². The number of phenols is 3. The molecule has 7 nitrogen and oxygen atoms in total. The molecule has 0 spiro atoms. The van der Waals surface area contributed by atoms with E-state index in [4.69, 9.17) is 9.47 Å². The van der Waals surface area contributed by atoms with Gasteiger partial charge in [-0.3, -0.25) is 4.79 Å². The van der Waals surface area contributed by atoms with Crippen molar-refractivity contribution in [3.8, 4) is 28.7 Å². The van der Waals surface area contributed by atoms with Crippen molar-refractivity contribution in [3.63, 3.8) is 0 Å². The first kappa shape index (κ1) is 15.0. The van der Waals surface area contributed by atoms with Gasteiger partial charge in [-0.25, -0.2) is 0 Å². The minimum absolute atomic E-state index is 0.00684. The number of rotatable bonds is 3. The zero-order valence-corrected chi connectivity index (χ0v) is 12.1. The Morgan fingerprint density at radius 3 is 2.52 bits per heavy atom. The van der Waals surface area contributed by atoms with Gasteiger partial charge in [0, 0.05) is 30.2 Å². The third kappa shape index (κ3) is 2.40. The van der Waals surface area contributed by atoms with Crippen LogP contribution >= 0.6 is 0 Å². The molecule has 1 aliphatic heterocycles. The summed E-state index contributed by atoms with van der Waals surface area (Å²) >= 11 is 0. The van der Waals surface area contributed by atoms with E-state index in [1.54, 1.807) is 0 Å². The molecule has 1 heterocycles. The van der Waals surface area contributed by atoms with Crippen LogP contribution in [0.25, 0.3) is 0 Å². The van der Waals surface area contributed by atoms with Crippen molar-refractivity contribution < 1.29 is 34.7 Å². The molecule has 1 aliphatic rings. The van der Waals surface area contributed by atoms with Crippen LogP contribution in [0.15, 0.2) is 30.3 Å². The first-order valence-corrected chi connectivity index (χ1v) is 6.72. The molecule has 23 heavy (non-hydrogen) atoms. The Bertz CT molecular complexity index is 799. The Hall–Kier alpha value is -2.93. The summed E-state index contributed by atoms with van der Waals surface area (Å²) in [6.07, 6.45) is -0.337. The van der Waals surface area contributed by atoms with E-state index < -0.39 is 11.6 Å². The monoisotopic (exact) mass is 318 g/mol. The number of carbonyl (C=O) groups excluding carboxylic acids is 1. The number of phenolic OH excluding ortho intramolecular Hbond substituents is 3. The van der Waals surface area contributed by atoms with Crippen LogP contribution in [0.4, 0.5) is 0 Å². The number of hydrogen-bond donors (Lipinski definition) is 4. The van der Waals surface area contributed by atoms with E-state index in [1.807, 2.05) is 0 Å². The summed E-state index contributed by atoms with van der Waals surface area (Å²) in [6.45, 7) is 0. The lowest BCUT2D eigenvalue weighted by atomic mass is 9.97. The molecular weight excluding hydrogens is 304 g/mol. The van der Waals surface area contributed by atoms with E-state index in [-0.39, 0.29) is 46.3 Å². The van der Waals surface area contributed by atoms with Crippen LogP contribution in [-0.2, 0) is 6.42 Å². The molecule has 4 N–H and O–H groups in total. The van der Waals surface area contributed by atoms with Crippen molar-refractivity contribution >= 4 is 5.78 Å². The lowest BCUT2D eigenvalue weighted by molar-refractivity contribution is -0.0891. The lowest BCUT2D eigenvalue weighted by Gasteiger charge is -2.21. The molecule has 0 radical (unpaired) electrons. The molecule has 0 bridgehead atoms. The van der Waals surface area contributed by atoms with E-state index in [0.717, 1.165) is 6.07 Å². The van der Waals surface area contributed by atoms with Gasteiger partial charge in [0.25, 0.3) is 5.79 Å². The number of hydrogen-bond acceptors (Lipinski definition) is 7. The molecule has 0 fully saturated rings. The normalized spacial score (nSPS) is 19.3. The molecule has 2 aromatic rings. The number of methoxy groups -OCH3 is 1. The molecular formula is C16H14O7. The van der Waals surface area contributed by atoms with Crippen molar-refractivity contribution in [3.05, 3.63) is 41.5 Å². The zero-order chi connectivity index (χ0) is 16.8. The third-order valence-electron chi connectivity index (χ3n) is 3.63. The largest absolute Gasteiger partial charge is 0.508 e. The highest BCUT2D eigenvalue weighted by Crippen LogP contribution is 2.44. The average molecular weight is 318 g/mol. The quantitative estimate of drug-likeness (QED) is 0.674. The lowest BCUT2D eigenvalue weighted by Crippen LogP contribution is -2.42. The number of aromatic hydroxyl groups is 3. The molecule has 7 heteroatoms. The number of Topliss-reactive ketones (excluding diaryl/α,β-unsaturated/α-hetero) is 1. The number of ether oxygens (including phenoxy) is 2. The molecule has 0 amide bonds. The smallest absolute Gasteiger partial charge is 0.277 e. The van der Waals surface area contributed by atoms with Crippen molar-refractivity contribution in [1.29, 1.82) is 0 Å². The first-order valence-electron chi connectivity index (χ1n) is 6.72. The predicted octanol–water partition coefficient (Wildman–Crippen LogP) is 1.32. The van der Waals surface area contributed by atoms with Crippen molar-refractivity contribution in [2.75, 3.05) is 7.11 Å². The summed E-state index contributed by atoms with van der Waals surface area (Å²) in [7, 11) is 1.32. The van der Waals surface area contributed by atoms with Gasteiger partial charge >= 0.3 is 0 Å². The molecule has 2 aromatic carbocycles. The first-order chi connectivity index (χ1) is 10.8. The fourth-order valence-electron chi connectivity index (χ4n) is 2.54. The maximum Gasteiger partial charge on any atom is 0.277 e. The van der Waals surface area contributed by atoms with Gasteiger partial charge in [0.15, 0.2) is 0 Å². The van der Waals surface area contributed by atoms with Gasteiger partial charge in [-0.05, 0) is 6.07 Å². The zero-order valence-electron chi connectivity index (χ0n) is 12.1. The number of fused-ring (bicyclic) bond motifs is 1. The number of carbonyl (C=O) groups is 1. The van der Waals surface area contributed by atoms with Crippen molar-refractivity contribution in [2.45, 2.75) is 12.2 Å². The van der Waals surface area contributed by atoms with Gasteiger partial charge in [-0.2, -0.15) is 0 Å². The summed E-state index contributed by atoms with van der Waals surface area (Å²) in [5.41, 5.74) is 0.237. The number of ketones is 1. The Morgan fingerprint density at radius 2 is 1.87 bits per heavy atom. The second-order valence-corrected chi connectivity index (χ2v) is 5.23. The summed E-state index contributed by atoms with van der Waals surface area (Å²) in [5.74, 6) is -3.50. The maximum absolute atomic E-state index is 12.5. The highest BCUT2D eigenvalue weighted by molar-refractivity contribution is 6.09. The molecule has 120 valence electrons. The van der Waals surface area contributed by atoms with Crippen LogP contribution in [0, 0.1) is 0 Å².